The Balaban J connectivity index is 1.66. The Bertz CT molecular complexity index is 1110. The van der Waals surface area contributed by atoms with Gasteiger partial charge in [0.2, 0.25) is 10.0 Å². The van der Waals surface area contributed by atoms with Crippen LogP contribution in [0.15, 0.2) is 65.8 Å². The first-order chi connectivity index (χ1) is 13.7. The van der Waals surface area contributed by atoms with E-state index in [4.69, 9.17) is 11.6 Å². The van der Waals surface area contributed by atoms with E-state index >= 15 is 0 Å². The number of aromatic nitrogens is 2. The molecule has 0 unspecified atom stereocenters. The number of halogens is 1. The van der Waals surface area contributed by atoms with Crippen molar-refractivity contribution in [3.05, 3.63) is 77.1 Å². The minimum absolute atomic E-state index is 0.136. The zero-order valence-electron chi connectivity index (χ0n) is 16.0. The van der Waals surface area contributed by atoms with Crippen LogP contribution in [0.4, 0.5) is 5.69 Å². The lowest BCUT2D eigenvalue weighted by molar-refractivity contribution is 0.102. The van der Waals surface area contributed by atoms with Crippen LogP contribution in [-0.4, -0.2) is 30.1 Å². The predicted octanol–water partition coefficient (Wildman–Crippen LogP) is 3.52. The quantitative estimate of drug-likeness (QED) is 0.597. The molecule has 1 aromatic heterocycles. The number of carbonyl (C=O) groups is 1. The second-order valence-corrected chi connectivity index (χ2v) is 8.89. The Kier molecular flexibility index (Phi) is 6.36. The third kappa shape index (κ3) is 5.44. The highest BCUT2D eigenvalue weighted by atomic mass is 35.5. The van der Waals surface area contributed by atoms with Crippen molar-refractivity contribution in [1.82, 2.24) is 14.5 Å². The lowest BCUT2D eigenvalue weighted by atomic mass is 10.2. The first kappa shape index (κ1) is 21.0. The van der Waals surface area contributed by atoms with Crippen molar-refractivity contribution in [2.75, 3.05) is 5.32 Å². The average molecular weight is 433 g/mol. The maximum absolute atomic E-state index is 12.5. The minimum atomic E-state index is -3.57. The molecule has 7 nitrogen and oxygen atoms in total. The number of nitrogens with zero attached hydrogens (tertiary/aromatic N) is 2. The molecule has 152 valence electrons. The van der Waals surface area contributed by atoms with Gasteiger partial charge in [0.25, 0.3) is 5.91 Å². The van der Waals surface area contributed by atoms with Crippen LogP contribution in [0.2, 0.25) is 5.02 Å². The number of hydrogen-bond donors (Lipinski definition) is 2. The lowest BCUT2D eigenvalue weighted by Gasteiger charge is -2.10. The minimum Gasteiger partial charge on any atom is -0.322 e. The summed E-state index contributed by atoms with van der Waals surface area (Å²) < 4.78 is 28.5. The summed E-state index contributed by atoms with van der Waals surface area (Å²) in [6, 6.07) is 13.2. The van der Waals surface area contributed by atoms with E-state index < -0.39 is 10.0 Å². The molecule has 0 aliphatic rings. The summed E-state index contributed by atoms with van der Waals surface area (Å²) in [5, 5.41) is 7.57. The molecule has 0 bridgehead atoms. The topological polar surface area (TPSA) is 93.1 Å². The third-order valence-corrected chi connectivity index (χ3v) is 6.04. The van der Waals surface area contributed by atoms with Gasteiger partial charge in [-0.15, -0.1) is 0 Å². The summed E-state index contributed by atoms with van der Waals surface area (Å²) in [4.78, 5) is 12.6. The molecular weight excluding hydrogens is 412 g/mol. The van der Waals surface area contributed by atoms with E-state index in [0.29, 0.717) is 22.8 Å². The molecule has 0 aliphatic heterocycles. The Hall–Kier alpha value is -2.68. The fourth-order valence-electron chi connectivity index (χ4n) is 2.67. The lowest BCUT2D eigenvalue weighted by Crippen LogP contribution is -2.30. The van der Waals surface area contributed by atoms with Crippen molar-refractivity contribution < 1.29 is 13.2 Å². The van der Waals surface area contributed by atoms with Crippen molar-refractivity contribution >= 4 is 33.2 Å². The second kappa shape index (κ2) is 8.77. The normalized spacial score (nSPS) is 11.6. The van der Waals surface area contributed by atoms with Crippen molar-refractivity contribution in [3.8, 4) is 0 Å². The van der Waals surface area contributed by atoms with Gasteiger partial charge in [-0.25, -0.2) is 13.1 Å². The summed E-state index contributed by atoms with van der Waals surface area (Å²) in [5.74, 6) is -0.341. The predicted molar refractivity (Wildman–Crippen MR) is 113 cm³/mol. The van der Waals surface area contributed by atoms with Gasteiger partial charge in [0.1, 0.15) is 0 Å². The smallest absolute Gasteiger partial charge is 0.258 e. The monoisotopic (exact) mass is 432 g/mol. The molecule has 0 aliphatic carbocycles. The molecular formula is C20H21ClN4O3S. The van der Waals surface area contributed by atoms with Gasteiger partial charge in [-0.2, -0.15) is 5.10 Å². The van der Waals surface area contributed by atoms with Crippen molar-refractivity contribution in [3.63, 3.8) is 0 Å². The fourth-order valence-corrected chi connectivity index (χ4v) is 4.11. The zero-order valence-corrected chi connectivity index (χ0v) is 17.5. The molecule has 29 heavy (non-hydrogen) atoms. The molecule has 0 saturated carbocycles. The second-order valence-electron chi connectivity index (χ2n) is 6.77. The van der Waals surface area contributed by atoms with E-state index in [-0.39, 0.29) is 16.8 Å². The SMILES string of the molecule is CC(C)NS(=O)(=O)c1ccc(NC(=O)c2cnn(Cc3ccccc3Cl)c2)cc1. The molecule has 0 spiro atoms. The van der Waals surface area contributed by atoms with Crippen LogP contribution in [0.25, 0.3) is 0 Å². The van der Waals surface area contributed by atoms with Crippen LogP contribution < -0.4 is 10.0 Å². The van der Waals surface area contributed by atoms with Gasteiger partial charge in [0.15, 0.2) is 0 Å². The standard InChI is InChI=1S/C20H21ClN4O3S/c1-14(2)24-29(27,28)18-9-7-17(8-10-18)23-20(26)16-11-22-25(13-16)12-15-5-3-4-6-19(15)21/h3-11,13-14,24H,12H2,1-2H3,(H,23,26). The maximum atomic E-state index is 12.5. The summed E-state index contributed by atoms with van der Waals surface area (Å²) in [6.07, 6.45) is 3.10. The zero-order chi connectivity index (χ0) is 21.0. The number of amides is 1. The molecule has 2 aromatic carbocycles. The summed E-state index contributed by atoms with van der Waals surface area (Å²) >= 11 is 6.16. The highest BCUT2D eigenvalue weighted by Gasteiger charge is 2.16. The van der Waals surface area contributed by atoms with E-state index in [1.165, 1.54) is 18.3 Å². The molecule has 9 heteroatoms. The van der Waals surface area contributed by atoms with Crippen LogP contribution >= 0.6 is 11.6 Å². The fraction of sp³-hybridized carbons (Fsp3) is 0.200. The first-order valence-corrected chi connectivity index (χ1v) is 10.8. The summed E-state index contributed by atoms with van der Waals surface area (Å²) in [6.45, 7) is 3.94. The Morgan fingerprint density at radius 2 is 1.83 bits per heavy atom. The molecule has 3 aromatic rings. The number of carbonyl (C=O) groups excluding carboxylic acids is 1. The molecule has 2 N–H and O–H groups in total. The van der Waals surface area contributed by atoms with E-state index in [1.54, 1.807) is 42.9 Å². The Morgan fingerprint density at radius 3 is 2.48 bits per heavy atom. The third-order valence-electron chi connectivity index (χ3n) is 4.00. The molecule has 0 saturated heterocycles. The highest BCUT2D eigenvalue weighted by molar-refractivity contribution is 7.89. The summed E-state index contributed by atoms with van der Waals surface area (Å²) in [7, 11) is -3.57. The van der Waals surface area contributed by atoms with E-state index in [9.17, 15) is 13.2 Å². The van der Waals surface area contributed by atoms with Crippen molar-refractivity contribution in [2.45, 2.75) is 31.3 Å². The van der Waals surface area contributed by atoms with Crippen LogP contribution in [0.1, 0.15) is 29.8 Å². The molecule has 0 atom stereocenters. The highest BCUT2D eigenvalue weighted by Crippen LogP contribution is 2.17. The van der Waals surface area contributed by atoms with Crippen LogP contribution in [0, 0.1) is 0 Å². The maximum Gasteiger partial charge on any atom is 0.258 e. The van der Waals surface area contributed by atoms with Gasteiger partial charge in [0, 0.05) is 22.9 Å². The Morgan fingerprint density at radius 1 is 1.14 bits per heavy atom. The Labute approximate surface area is 174 Å². The first-order valence-electron chi connectivity index (χ1n) is 8.94. The molecule has 1 heterocycles. The van der Waals surface area contributed by atoms with Gasteiger partial charge in [-0.1, -0.05) is 29.8 Å². The van der Waals surface area contributed by atoms with Gasteiger partial charge in [0.05, 0.1) is 23.2 Å². The van der Waals surface area contributed by atoms with Crippen molar-refractivity contribution in [2.24, 2.45) is 0 Å². The van der Waals surface area contributed by atoms with E-state index in [0.717, 1.165) is 5.56 Å². The summed E-state index contributed by atoms with van der Waals surface area (Å²) in [5.41, 5.74) is 1.77. The van der Waals surface area contributed by atoms with Gasteiger partial charge in [-0.05, 0) is 49.7 Å². The van der Waals surface area contributed by atoms with E-state index in [1.807, 2.05) is 18.2 Å². The average Bonchev–Trinajstić information content (AvgIpc) is 3.12. The molecule has 0 radical (unpaired) electrons. The number of benzene rings is 2. The van der Waals surface area contributed by atoms with Crippen LogP contribution in [0.3, 0.4) is 0 Å². The largest absolute Gasteiger partial charge is 0.322 e. The van der Waals surface area contributed by atoms with Gasteiger partial charge < -0.3 is 5.32 Å². The number of anilines is 1. The molecule has 0 fully saturated rings. The van der Waals surface area contributed by atoms with Crippen LogP contribution in [0.5, 0.6) is 0 Å². The van der Waals surface area contributed by atoms with E-state index in [2.05, 4.69) is 15.1 Å². The number of hydrogen-bond acceptors (Lipinski definition) is 4. The number of nitrogens with one attached hydrogen (secondary N) is 2. The van der Waals surface area contributed by atoms with Crippen LogP contribution in [-0.2, 0) is 16.6 Å². The van der Waals surface area contributed by atoms with Gasteiger partial charge in [-0.3, -0.25) is 9.48 Å². The molecule has 1 amide bonds. The number of rotatable bonds is 7. The molecule has 3 rings (SSSR count). The van der Waals surface area contributed by atoms with Gasteiger partial charge >= 0.3 is 0 Å². The number of sulfonamides is 1. The van der Waals surface area contributed by atoms with Crippen molar-refractivity contribution in [1.29, 1.82) is 0 Å².